The van der Waals surface area contributed by atoms with Gasteiger partial charge in [0.15, 0.2) is 5.82 Å². The molecule has 0 radical (unpaired) electrons. The minimum absolute atomic E-state index is 0.693. The first-order chi connectivity index (χ1) is 7.61. The third-order valence-electron chi connectivity index (χ3n) is 3.02. The lowest BCUT2D eigenvalue weighted by Crippen LogP contribution is -2.38. The summed E-state index contributed by atoms with van der Waals surface area (Å²) in [6.45, 7) is 6.93. The van der Waals surface area contributed by atoms with Crippen molar-refractivity contribution >= 4 is 34.1 Å². The van der Waals surface area contributed by atoms with Crippen LogP contribution in [0.5, 0.6) is 0 Å². The summed E-state index contributed by atoms with van der Waals surface area (Å²) in [5.74, 6) is 2.22. The van der Waals surface area contributed by atoms with E-state index in [0.717, 1.165) is 29.8 Å². The summed E-state index contributed by atoms with van der Waals surface area (Å²) in [5.41, 5.74) is 5.88. The van der Waals surface area contributed by atoms with E-state index in [1.54, 1.807) is 23.3 Å². The van der Waals surface area contributed by atoms with Crippen LogP contribution in [0.15, 0.2) is 4.90 Å². The van der Waals surface area contributed by atoms with Crippen LogP contribution in [0.4, 0.5) is 10.8 Å². The Kier molecular flexibility index (Phi) is 3.64. The fourth-order valence-corrected chi connectivity index (χ4v) is 4.21. The topological polar surface area (TPSA) is 42.1 Å². The number of thioether (sulfide) groups is 1. The molecule has 1 saturated heterocycles. The molecule has 1 aromatic heterocycles. The van der Waals surface area contributed by atoms with Crippen LogP contribution < -0.4 is 10.6 Å². The van der Waals surface area contributed by atoms with E-state index in [1.165, 1.54) is 11.4 Å². The highest BCUT2D eigenvalue weighted by Gasteiger charge is 2.25. The number of rotatable bonds is 2. The number of hydrogen-bond acceptors (Lipinski definition) is 5. The summed E-state index contributed by atoms with van der Waals surface area (Å²) < 4.78 is 4.27. The zero-order valence-corrected chi connectivity index (χ0v) is 11.7. The lowest BCUT2D eigenvalue weighted by atomic mass is 9.92. The van der Waals surface area contributed by atoms with Crippen molar-refractivity contribution in [2.45, 2.75) is 25.2 Å². The summed E-state index contributed by atoms with van der Waals surface area (Å²) in [6, 6.07) is 0. The standard InChI is InChI=1S/C11H19N3S2/c1-7-4-8(2)6-14(5-7)11-9(15-3)10(12)13-16-11/h7-8H,4-6H2,1-3H3,(H2,12,13). The molecule has 0 aromatic carbocycles. The number of piperidine rings is 1. The smallest absolute Gasteiger partial charge is 0.153 e. The Hall–Kier alpha value is -0.420. The molecule has 1 fully saturated rings. The molecule has 1 aliphatic rings. The van der Waals surface area contributed by atoms with Crippen molar-refractivity contribution in [3.8, 4) is 0 Å². The maximum atomic E-state index is 5.88. The Morgan fingerprint density at radius 3 is 2.56 bits per heavy atom. The number of hydrogen-bond donors (Lipinski definition) is 1. The first-order valence-electron chi connectivity index (χ1n) is 5.66. The van der Waals surface area contributed by atoms with E-state index in [0.29, 0.717) is 5.82 Å². The number of nitrogens with zero attached hydrogens (tertiary/aromatic N) is 2. The zero-order valence-electron chi connectivity index (χ0n) is 10.1. The molecule has 2 unspecified atom stereocenters. The third-order valence-corrected chi connectivity index (χ3v) is 4.88. The Bertz CT molecular complexity index is 354. The molecule has 2 rings (SSSR count). The highest BCUT2D eigenvalue weighted by molar-refractivity contribution is 7.99. The van der Waals surface area contributed by atoms with Crippen LogP contribution in [-0.2, 0) is 0 Å². The maximum Gasteiger partial charge on any atom is 0.153 e. The Morgan fingerprint density at radius 1 is 1.38 bits per heavy atom. The van der Waals surface area contributed by atoms with Crippen LogP contribution in [0.25, 0.3) is 0 Å². The summed E-state index contributed by atoms with van der Waals surface area (Å²) in [4.78, 5) is 3.62. The lowest BCUT2D eigenvalue weighted by molar-refractivity contribution is 0.357. The molecule has 0 aliphatic carbocycles. The van der Waals surface area contributed by atoms with Crippen LogP contribution in [0.1, 0.15) is 20.3 Å². The first-order valence-corrected chi connectivity index (χ1v) is 7.65. The van der Waals surface area contributed by atoms with Crippen molar-refractivity contribution < 1.29 is 0 Å². The van der Waals surface area contributed by atoms with Crippen LogP contribution in [0.3, 0.4) is 0 Å². The van der Waals surface area contributed by atoms with Crippen LogP contribution in [-0.4, -0.2) is 23.7 Å². The number of aromatic nitrogens is 1. The Morgan fingerprint density at radius 2 is 2.00 bits per heavy atom. The zero-order chi connectivity index (χ0) is 11.7. The molecule has 2 atom stereocenters. The molecule has 0 spiro atoms. The molecule has 1 aromatic rings. The molecular formula is C11H19N3S2. The third kappa shape index (κ3) is 2.30. The first kappa shape index (κ1) is 12.0. The monoisotopic (exact) mass is 257 g/mol. The van der Waals surface area contributed by atoms with Crippen LogP contribution in [0.2, 0.25) is 0 Å². The van der Waals surface area contributed by atoms with Crippen molar-refractivity contribution in [2.24, 2.45) is 11.8 Å². The summed E-state index contributed by atoms with van der Waals surface area (Å²) in [5, 5.41) is 1.27. The second-order valence-electron chi connectivity index (χ2n) is 4.76. The molecule has 2 N–H and O–H groups in total. The second-order valence-corrected chi connectivity index (χ2v) is 6.33. The van der Waals surface area contributed by atoms with Gasteiger partial charge in [-0.25, -0.2) is 0 Å². The molecule has 0 saturated carbocycles. The predicted octanol–water partition coefficient (Wildman–Crippen LogP) is 2.93. The highest BCUT2D eigenvalue weighted by atomic mass is 32.2. The van der Waals surface area contributed by atoms with Crippen LogP contribution in [0, 0.1) is 11.8 Å². The minimum atomic E-state index is 0.693. The van der Waals surface area contributed by atoms with Gasteiger partial charge in [-0.05, 0) is 36.0 Å². The van der Waals surface area contributed by atoms with Crippen molar-refractivity contribution in [3.05, 3.63) is 0 Å². The quantitative estimate of drug-likeness (QED) is 0.827. The van der Waals surface area contributed by atoms with Gasteiger partial charge in [0.05, 0.1) is 4.90 Å². The van der Waals surface area contributed by atoms with Gasteiger partial charge in [0.2, 0.25) is 0 Å². The van der Waals surface area contributed by atoms with E-state index in [-0.39, 0.29) is 0 Å². The Labute approximate surface area is 106 Å². The molecule has 1 aliphatic heterocycles. The van der Waals surface area contributed by atoms with E-state index < -0.39 is 0 Å². The molecule has 16 heavy (non-hydrogen) atoms. The molecule has 0 amide bonds. The van der Waals surface area contributed by atoms with E-state index in [4.69, 9.17) is 5.73 Å². The molecule has 90 valence electrons. The fourth-order valence-electron chi connectivity index (χ4n) is 2.51. The number of nitrogen functional groups attached to an aromatic ring is 1. The van der Waals surface area contributed by atoms with Gasteiger partial charge >= 0.3 is 0 Å². The Balaban J connectivity index is 2.22. The number of anilines is 2. The van der Waals surface area contributed by atoms with Gasteiger partial charge in [0, 0.05) is 13.1 Å². The van der Waals surface area contributed by atoms with Gasteiger partial charge in [-0.15, -0.1) is 11.8 Å². The fraction of sp³-hybridized carbons (Fsp3) is 0.727. The normalized spacial score (nSPS) is 26.1. The van der Waals surface area contributed by atoms with Gasteiger partial charge in [-0.3, -0.25) is 0 Å². The van der Waals surface area contributed by atoms with E-state index in [2.05, 4.69) is 29.4 Å². The SMILES string of the molecule is CSc1c(N)nsc1N1CC(C)CC(C)C1. The molecule has 3 nitrogen and oxygen atoms in total. The average molecular weight is 257 g/mol. The summed E-state index contributed by atoms with van der Waals surface area (Å²) >= 11 is 3.25. The second kappa shape index (κ2) is 4.84. The van der Waals surface area contributed by atoms with Gasteiger partial charge in [0.1, 0.15) is 5.00 Å². The molecule has 2 heterocycles. The molecular weight excluding hydrogens is 238 g/mol. The minimum Gasteiger partial charge on any atom is -0.382 e. The van der Waals surface area contributed by atoms with Crippen molar-refractivity contribution in [1.82, 2.24) is 4.37 Å². The number of nitrogens with two attached hydrogens (primary N) is 1. The summed E-state index contributed by atoms with van der Waals surface area (Å²) in [7, 11) is 0. The van der Waals surface area contributed by atoms with E-state index in [9.17, 15) is 0 Å². The maximum absolute atomic E-state index is 5.88. The van der Waals surface area contributed by atoms with E-state index in [1.807, 2.05) is 0 Å². The average Bonchev–Trinajstić information content (AvgIpc) is 2.58. The van der Waals surface area contributed by atoms with Gasteiger partial charge in [0.25, 0.3) is 0 Å². The summed E-state index contributed by atoms with van der Waals surface area (Å²) in [6.07, 6.45) is 3.40. The van der Waals surface area contributed by atoms with Crippen LogP contribution >= 0.6 is 23.3 Å². The van der Waals surface area contributed by atoms with Crippen molar-refractivity contribution in [3.63, 3.8) is 0 Å². The van der Waals surface area contributed by atoms with Gasteiger partial charge < -0.3 is 10.6 Å². The van der Waals surface area contributed by atoms with Gasteiger partial charge in [-0.1, -0.05) is 13.8 Å². The molecule has 0 bridgehead atoms. The molecule has 5 heteroatoms. The largest absolute Gasteiger partial charge is 0.382 e. The van der Waals surface area contributed by atoms with Gasteiger partial charge in [-0.2, -0.15) is 4.37 Å². The van der Waals surface area contributed by atoms with E-state index >= 15 is 0 Å². The van der Waals surface area contributed by atoms with Crippen molar-refractivity contribution in [2.75, 3.05) is 30.0 Å². The lowest BCUT2D eigenvalue weighted by Gasteiger charge is -2.35. The van der Waals surface area contributed by atoms with Crippen molar-refractivity contribution in [1.29, 1.82) is 0 Å². The predicted molar refractivity (Wildman–Crippen MR) is 73.5 cm³/mol. The highest BCUT2D eigenvalue weighted by Crippen LogP contribution is 2.39.